The van der Waals surface area contributed by atoms with Crippen LogP contribution in [0.5, 0.6) is 0 Å². The third kappa shape index (κ3) is 2.93. The van der Waals surface area contributed by atoms with Gasteiger partial charge in [0, 0.05) is 19.6 Å². The first-order valence-electron chi connectivity index (χ1n) is 9.69. The summed E-state index contributed by atoms with van der Waals surface area (Å²) >= 11 is 0. The molecule has 1 aliphatic carbocycles. The Morgan fingerprint density at radius 2 is 2.10 bits per heavy atom. The van der Waals surface area contributed by atoms with Crippen LogP contribution in [-0.4, -0.2) is 37.8 Å². The fourth-order valence-corrected chi connectivity index (χ4v) is 4.13. The molecule has 0 unspecified atom stereocenters. The van der Waals surface area contributed by atoms with Crippen molar-refractivity contribution in [3.63, 3.8) is 0 Å². The van der Waals surface area contributed by atoms with Gasteiger partial charge in [0.15, 0.2) is 11.5 Å². The van der Waals surface area contributed by atoms with Crippen molar-refractivity contribution in [3.8, 4) is 11.6 Å². The Labute approximate surface area is 164 Å². The second-order valence-electron chi connectivity index (χ2n) is 7.33. The first-order valence-corrected chi connectivity index (χ1v) is 9.69. The summed E-state index contributed by atoms with van der Waals surface area (Å²) in [5.41, 5.74) is 1.48. The number of nitrogens with zero attached hydrogens (tertiary/aromatic N) is 5. The molecule has 0 N–H and O–H groups in total. The quantitative estimate of drug-likeness (QED) is 0.514. The van der Waals surface area contributed by atoms with E-state index in [4.69, 9.17) is 9.26 Å². The van der Waals surface area contributed by atoms with Crippen LogP contribution in [0.1, 0.15) is 37.4 Å². The molecule has 0 atom stereocenters. The van der Waals surface area contributed by atoms with Gasteiger partial charge in [-0.15, -0.1) is 0 Å². The molecule has 0 spiro atoms. The molecule has 1 fully saturated rings. The first-order chi connectivity index (χ1) is 14.2. The van der Waals surface area contributed by atoms with Crippen LogP contribution in [0.15, 0.2) is 33.8 Å². The van der Waals surface area contributed by atoms with E-state index in [-0.39, 0.29) is 18.0 Å². The van der Waals surface area contributed by atoms with E-state index >= 15 is 0 Å². The molecule has 0 aliphatic heterocycles. The predicted molar refractivity (Wildman–Crippen MR) is 103 cm³/mol. The van der Waals surface area contributed by atoms with E-state index in [0.717, 1.165) is 25.7 Å². The third-order valence-corrected chi connectivity index (χ3v) is 5.59. The van der Waals surface area contributed by atoms with Gasteiger partial charge in [0.1, 0.15) is 17.7 Å². The second-order valence-corrected chi connectivity index (χ2v) is 7.33. The van der Waals surface area contributed by atoms with Gasteiger partial charge in [-0.25, -0.2) is 9.37 Å². The predicted octanol–water partition coefficient (Wildman–Crippen LogP) is 3.14. The maximum atomic E-state index is 13.9. The summed E-state index contributed by atoms with van der Waals surface area (Å²) in [4.78, 5) is 22.2. The van der Waals surface area contributed by atoms with E-state index < -0.39 is 5.82 Å². The third-order valence-electron chi connectivity index (χ3n) is 5.59. The average molecular weight is 397 g/mol. The molecule has 8 nitrogen and oxygen atoms in total. The SMILES string of the molecule is COCCn1c(=O)c2c(-c3nc(C4CCCC4)no3)ncn2c2ccc(F)cc21. The summed E-state index contributed by atoms with van der Waals surface area (Å²) in [6.45, 7) is 0.602. The van der Waals surface area contributed by atoms with Gasteiger partial charge in [0.25, 0.3) is 11.4 Å². The molecular weight excluding hydrogens is 377 g/mol. The monoisotopic (exact) mass is 397 g/mol. The van der Waals surface area contributed by atoms with Crippen molar-refractivity contribution in [1.82, 2.24) is 24.1 Å². The van der Waals surface area contributed by atoms with Gasteiger partial charge in [0.05, 0.1) is 17.6 Å². The number of hydrogen-bond donors (Lipinski definition) is 0. The standard InChI is InChI=1S/C20H20FN5O3/c1-28-9-8-25-15-10-13(21)6-7-14(15)26-11-22-16(17(26)20(25)27)19-23-18(24-29-19)12-4-2-3-5-12/h6-7,10-12H,2-5,8-9H2,1H3. The van der Waals surface area contributed by atoms with Crippen molar-refractivity contribution in [3.05, 3.63) is 46.5 Å². The summed E-state index contributed by atoms with van der Waals surface area (Å²) in [6, 6.07) is 4.33. The normalized spacial score (nSPS) is 15.1. The van der Waals surface area contributed by atoms with Crippen molar-refractivity contribution >= 4 is 16.6 Å². The molecule has 3 aromatic heterocycles. The maximum absolute atomic E-state index is 13.9. The molecule has 0 amide bonds. The van der Waals surface area contributed by atoms with Crippen molar-refractivity contribution in [2.45, 2.75) is 38.1 Å². The molecule has 9 heteroatoms. The zero-order valence-corrected chi connectivity index (χ0v) is 16.0. The number of halogens is 1. The summed E-state index contributed by atoms with van der Waals surface area (Å²) < 4.78 is 27.6. The average Bonchev–Trinajstić information content (AvgIpc) is 3.46. The van der Waals surface area contributed by atoms with Crippen LogP contribution in [0, 0.1) is 5.82 Å². The van der Waals surface area contributed by atoms with Crippen molar-refractivity contribution in [1.29, 1.82) is 0 Å². The lowest BCUT2D eigenvalue weighted by molar-refractivity contribution is 0.187. The maximum Gasteiger partial charge on any atom is 0.278 e. The van der Waals surface area contributed by atoms with Crippen LogP contribution < -0.4 is 5.56 Å². The lowest BCUT2D eigenvalue weighted by atomic mass is 10.1. The fourth-order valence-electron chi connectivity index (χ4n) is 4.13. The highest BCUT2D eigenvalue weighted by atomic mass is 19.1. The lowest BCUT2D eigenvalue weighted by Gasteiger charge is -2.12. The Morgan fingerprint density at radius 1 is 1.28 bits per heavy atom. The van der Waals surface area contributed by atoms with Crippen LogP contribution in [0.4, 0.5) is 4.39 Å². The first kappa shape index (κ1) is 18.0. The summed E-state index contributed by atoms with van der Waals surface area (Å²) in [7, 11) is 1.56. The minimum atomic E-state index is -0.416. The molecule has 5 rings (SSSR count). The van der Waals surface area contributed by atoms with Crippen LogP contribution in [-0.2, 0) is 11.3 Å². The van der Waals surface area contributed by atoms with Gasteiger partial charge in [-0.05, 0) is 31.0 Å². The fraction of sp³-hybridized carbons (Fsp3) is 0.400. The van der Waals surface area contributed by atoms with E-state index in [9.17, 15) is 9.18 Å². The largest absolute Gasteiger partial charge is 0.383 e. The molecule has 0 radical (unpaired) electrons. The van der Waals surface area contributed by atoms with Crippen molar-refractivity contribution < 1.29 is 13.7 Å². The molecule has 1 aromatic carbocycles. The number of methoxy groups -OCH3 is 1. The lowest BCUT2D eigenvalue weighted by Crippen LogP contribution is -2.25. The second kappa shape index (κ2) is 7.07. The number of hydrogen-bond acceptors (Lipinski definition) is 6. The van der Waals surface area contributed by atoms with Gasteiger partial charge in [0.2, 0.25) is 0 Å². The highest BCUT2D eigenvalue weighted by Gasteiger charge is 2.25. The molecular formula is C20H20FN5O3. The number of rotatable bonds is 5. The van der Waals surface area contributed by atoms with E-state index in [1.54, 1.807) is 17.6 Å². The van der Waals surface area contributed by atoms with Gasteiger partial charge in [-0.1, -0.05) is 18.0 Å². The van der Waals surface area contributed by atoms with E-state index in [1.807, 2.05) is 0 Å². The zero-order chi connectivity index (χ0) is 20.0. The summed E-state index contributed by atoms with van der Waals surface area (Å²) in [6.07, 6.45) is 5.95. The van der Waals surface area contributed by atoms with Crippen LogP contribution in [0.3, 0.4) is 0 Å². The Hall–Kier alpha value is -3.07. The molecule has 1 saturated carbocycles. The number of ether oxygens (including phenoxy) is 1. The zero-order valence-electron chi connectivity index (χ0n) is 16.0. The highest BCUT2D eigenvalue weighted by molar-refractivity contribution is 5.83. The Kier molecular flexibility index (Phi) is 4.39. The summed E-state index contributed by atoms with van der Waals surface area (Å²) in [5, 5.41) is 4.12. The molecule has 29 heavy (non-hydrogen) atoms. The van der Waals surface area contributed by atoms with E-state index in [2.05, 4.69) is 15.1 Å². The Morgan fingerprint density at radius 3 is 2.90 bits per heavy atom. The number of benzene rings is 1. The number of fused-ring (bicyclic) bond motifs is 3. The number of aromatic nitrogens is 5. The summed E-state index contributed by atoms with van der Waals surface area (Å²) in [5.74, 6) is 0.775. The minimum absolute atomic E-state index is 0.228. The molecule has 1 aliphatic rings. The van der Waals surface area contributed by atoms with Crippen LogP contribution in [0.2, 0.25) is 0 Å². The van der Waals surface area contributed by atoms with E-state index in [0.29, 0.717) is 40.6 Å². The van der Waals surface area contributed by atoms with Crippen molar-refractivity contribution in [2.75, 3.05) is 13.7 Å². The Bertz CT molecular complexity index is 1250. The van der Waals surface area contributed by atoms with Gasteiger partial charge >= 0.3 is 0 Å². The number of imidazole rings is 1. The van der Waals surface area contributed by atoms with Crippen LogP contribution in [0.25, 0.3) is 28.1 Å². The van der Waals surface area contributed by atoms with Gasteiger partial charge in [-0.2, -0.15) is 4.98 Å². The molecule has 0 saturated heterocycles. The molecule has 4 aromatic rings. The van der Waals surface area contributed by atoms with E-state index in [1.165, 1.54) is 23.0 Å². The Balaban J connectivity index is 1.72. The molecule has 3 heterocycles. The molecule has 0 bridgehead atoms. The minimum Gasteiger partial charge on any atom is -0.383 e. The molecule has 150 valence electrons. The topological polar surface area (TPSA) is 87.5 Å². The van der Waals surface area contributed by atoms with Crippen LogP contribution >= 0.6 is 0 Å². The van der Waals surface area contributed by atoms with Gasteiger partial charge in [-0.3, -0.25) is 9.20 Å². The van der Waals surface area contributed by atoms with Gasteiger partial charge < -0.3 is 13.8 Å². The van der Waals surface area contributed by atoms with Crippen molar-refractivity contribution in [2.24, 2.45) is 0 Å². The smallest absolute Gasteiger partial charge is 0.278 e. The highest BCUT2D eigenvalue weighted by Crippen LogP contribution is 2.33.